The zero-order valence-corrected chi connectivity index (χ0v) is 19.6. The smallest absolute Gasteiger partial charge is 0.330 e. The third-order valence-electron chi connectivity index (χ3n) is 4.56. The molecule has 2 aromatic carbocycles. The minimum atomic E-state index is -0.488. The monoisotopic (exact) mass is 480 g/mol. The first kappa shape index (κ1) is 27.2. The van der Waals surface area contributed by atoms with Gasteiger partial charge >= 0.3 is 11.9 Å². The largest absolute Gasteiger partial charge is 0.494 e. The number of carbonyl (C=O) groups excluding carboxylic acids is 2. The molecule has 0 radical (unpaired) electrons. The fraction of sp³-hybridized carbons (Fsp3) is 0.286. The summed E-state index contributed by atoms with van der Waals surface area (Å²) in [4.78, 5) is 21.9. The van der Waals surface area contributed by atoms with Crippen LogP contribution in [0.4, 0.5) is 4.39 Å². The van der Waals surface area contributed by atoms with E-state index in [0.29, 0.717) is 50.4 Å². The molecule has 0 atom stereocenters. The van der Waals surface area contributed by atoms with Gasteiger partial charge < -0.3 is 18.9 Å². The maximum atomic E-state index is 14.3. The van der Waals surface area contributed by atoms with Gasteiger partial charge in [0.1, 0.15) is 5.75 Å². The van der Waals surface area contributed by atoms with Crippen molar-refractivity contribution >= 4 is 11.9 Å². The van der Waals surface area contributed by atoms with E-state index in [1.54, 1.807) is 12.1 Å². The van der Waals surface area contributed by atoms with Crippen LogP contribution in [0.25, 0.3) is 0 Å². The molecule has 2 aromatic rings. The normalized spacial score (nSPS) is 9.86. The predicted octanol–water partition coefficient (Wildman–Crippen LogP) is 5.00. The van der Waals surface area contributed by atoms with Gasteiger partial charge in [-0.25, -0.2) is 14.0 Å². The number of hydrogen-bond donors (Lipinski definition) is 0. The van der Waals surface area contributed by atoms with E-state index in [1.807, 2.05) is 24.3 Å². The molecule has 0 spiro atoms. The van der Waals surface area contributed by atoms with Crippen molar-refractivity contribution in [2.45, 2.75) is 25.7 Å². The first-order valence-corrected chi connectivity index (χ1v) is 11.3. The Labute approximate surface area is 205 Å². The molecular formula is C28H29FO6. The molecular weight excluding hydrogens is 451 g/mol. The second kappa shape index (κ2) is 15.7. The van der Waals surface area contributed by atoms with E-state index in [0.717, 1.165) is 24.1 Å². The summed E-state index contributed by atoms with van der Waals surface area (Å²) >= 11 is 0. The molecule has 0 heterocycles. The standard InChI is InChI=1S/C28H29FO6/c1-3-27(30)34-19-7-5-17-32-24-14-11-22(12-15-24)9-10-23-13-16-26(25(29)21-23)33-18-6-8-20-35-28(31)4-2/h3-4,11-16,21H,1-2,5-8,17-20H2. The molecule has 0 saturated carbocycles. The lowest BCUT2D eigenvalue weighted by atomic mass is 10.1. The summed E-state index contributed by atoms with van der Waals surface area (Å²) in [6, 6.07) is 11.9. The van der Waals surface area contributed by atoms with Gasteiger partial charge in [-0.3, -0.25) is 0 Å². The lowest BCUT2D eigenvalue weighted by molar-refractivity contribution is -0.138. The number of rotatable bonds is 14. The summed E-state index contributed by atoms with van der Waals surface area (Å²) in [7, 11) is 0. The van der Waals surface area contributed by atoms with Crippen molar-refractivity contribution in [1.82, 2.24) is 0 Å². The summed E-state index contributed by atoms with van der Waals surface area (Å²) in [5.74, 6) is 5.42. The summed E-state index contributed by atoms with van der Waals surface area (Å²) in [6.07, 6.45) is 4.94. The molecule has 2 rings (SSSR count). The summed E-state index contributed by atoms with van der Waals surface area (Å²) in [5, 5.41) is 0. The van der Waals surface area contributed by atoms with Crippen molar-refractivity contribution in [3.05, 3.63) is 84.7 Å². The molecule has 0 amide bonds. The van der Waals surface area contributed by atoms with Gasteiger partial charge in [-0.1, -0.05) is 25.0 Å². The Kier molecular flexibility index (Phi) is 12.2. The van der Waals surface area contributed by atoms with Crippen molar-refractivity contribution in [3.8, 4) is 23.3 Å². The molecule has 0 saturated heterocycles. The van der Waals surface area contributed by atoms with E-state index in [1.165, 1.54) is 6.07 Å². The maximum absolute atomic E-state index is 14.3. The van der Waals surface area contributed by atoms with E-state index in [4.69, 9.17) is 18.9 Å². The lowest BCUT2D eigenvalue weighted by Gasteiger charge is -2.07. The molecule has 0 aliphatic carbocycles. The van der Waals surface area contributed by atoms with Gasteiger partial charge in [-0.2, -0.15) is 0 Å². The fourth-order valence-corrected chi connectivity index (χ4v) is 2.72. The van der Waals surface area contributed by atoms with Gasteiger partial charge in [-0.15, -0.1) is 0 Å². The topological polar surface area (TPSA) is 71.1 Å². The Hall–Kier alpha value is -4.05. The van der Waals surface area contributed by atoms with Crippen LogP contribution in [0.15, 0.2) is 67.8 Å². The van der Waals surface area contributed by atoms with Crippen molar-refractivity contribution in [2.75, 3.05) is 26.4 Å². The van der Waals surface area contributed by atoms with Gasteiger partial charge in [0.25, 0.3) is 0 Å². The van der Waals surface area contributed by atoms with Gasteiger partial charge in [0.2, 0.25) is 0 Å². The molecule has 0 aliphatic heterocycles. The Morgan fingerprint density at radius 1 is 0.743 bits per heavy atom. The minimum absolute atomic E-state index is 0.152. The molecule has 0 aromatic heterocycles. The first-order chi connectivity index (χ1) is 17.0. The molecule has 7 heteroatoms. The van der Waals surface area contributed by atoms with Crippen LogP contribution in [0.5, 0.6) is 11.5 Å². The Bertz CT molecular complexity index is 1050. The van der Waals surface area contributed by atoms with Crippen molar-refractivity contribution in [1.29, 1.82) is 0 Å². The van der Waals surface area contributed by atoms with Gasteiger partial charge in [0, 0.05) is 23.3 Å². The predicted molar refractivity (Wildman–Crippen MR) is 131 cm³/mol. The highest BCUT2D eigenvalue weighted by Crippen LogP contribution is 2.19. The van der Waals surface area contributed by atoms with E-state index >= 15 is 0 Å². The second-order valence-electron chi connectivity index (χ2n) is 7.27. The molecule has 0 aliphatic rings. The third kappa shape index (κ3) is 11.1. The molecule has 0 N–H and O–H groups in total. The van der Waals surface area contributed by atoms with Crippen molar-refractivity contribution < 1.29 is 32.9 Å². The molecule has 0 unspecified atom stereocenters. The maximum Gasteiger partial charge on any atom is 0.330 e. The van der Waals surface area contributed by atoms with E-state index in [9.17, 15) is 14.0 Å². The SMILES string of the molecule is C=CC(=O)OCCCCOc1ccc(C#Cc2ccc(OCCCCOC(=O)C=C)c(F)c2)cc1. The Morgan fingerprint density at radius 2 is 1.26 bits per heavy atom. The van der Waals surface area contributed by atoms with Crippen LogP contribution in [0.1, 0.15) is 36.8 Å². The quantitative estimate of drug-likeness (QED) is 0.164. The number of ether oxygens (including phenoxy) is 4. The van der Waals surface area contributed by atoms with Crippen LogP contribution in [-0.4, -0.2) is 38.4 Å². The van der Waals surface area contributed by atoms with E-state index in [-0.39, 0.29) is 12.4 Å². The third-order valence-corrected chi connectivity index (χ3v) is 4.56. The number of esters is 2. The zero-order valence-electron chi connectivity index (χ0n) is 19.6. The van der Waals surface area contributed by atoms with Crippen LogP contribution in [0.3, 0.4) is 0 Å². The van der Waals surface area contributed by atoms with Gasteiger partial charge in [-0.05, 0) is 68.1 Å². The number of hydrogen-bond acceptors (Lipinski definition) is 6. The summed E-state index contributed by atoms with van der Waals surface area (Å²) < 4.78 is 35.2. The molecule has 184 valence electrons. The Morgan fingerprint density at radius 3 is 1.83 bits per heavy atom. The molecule has 6 nitrogen and oxygen atoms in total. The molecule has 0 bridgehead atoms. The number of benzene rings is 2. The minimum Gasteiger partial charge on any atom is -0.494 e. The van der Waals surface area contributed by atoms with Crippen molar-refractivity contribution in [3.63, 3.8) is 0 Å². The van der Waals surface area contributed by atoms with Crippen LogP contribution in [0.2, 0.25) is 0 Å². The highest BCUT2D eigenvalue weighted by molar-refractivity contribution is 5.81. The van der Waals surface area contributed by atoms with Crippen LogP contribution < -0.4 is 9.47 Å². The van der Waals surface area contributed by atoms with E-state index in [2.05, 4.69) is 25.0 Å². The second-order valence-corrected chi connectivity index (χ2v) is 7.27. The average Bonchev–Trinajstić information content (AvgIpc) is 2.88. The van der Waals surface area contributed by atoms with Crippen LogP contribution in [-0.2, 0) is 19.1 Å². The number of unbranched alkanes of at least 4 members (excludes halogenated alkanes) is 2. The van der Waals surface area contributed by atoms with Crippen LogP contribution in [0, 0.1) is 17.7 Å². The number of carbonyl (C=O) groups is 2. The fourth-order valence-electron chi connectivity index (χ4n) is 2.72. The van der Waals surface area contributed by atoms with Crippen molar-refractivity contribution in [2.24, 2.45) is 0 Å². The van der Waals surface area contributed by atoms with Gasteiger partial charge in [0.05, 0.1) is 26.4 Å². The highest BCUT2D eigenvalue weighted by Gasteiger charge is 2.04. The summed E-state index contributed by atoms with van der Waals surface area (Å²) in [6.45, 7) is 8.09. The zero-order chi connectivity index (χ0) is 25.3. The van der Waals surface area contributed by atoms with Gasteiger partial charge in [0.15, 0.2) is 11.6 Å². The van der Waals surface area contributed by atoms with E-state index < -0.39 is 17.8 Å². The highest BCUT2D eigenvalue weighted by atomic mass is 19.1. The molecule has 0 fully saturated rings. The average molecular weight is 481 g/mol. The first-order valence-electron chi connectivity index (χ1n) is 11.3. The van der Waals surface area contributed by atoms with Crippen LogP contribution >= 0.6 is 0 Å². The summed E-state index contributed by atoms with van der Waals surface area (Å²) in [5.41, 5.74) is 1.30. The Balaban J connectivity index is 1.73. The lowest BCUT2D eigenvalue weighted by Crippen LogP contribution is -2.05. The molecule has 35 heavy (non-hydrogen) atoms. The number of halogens is 1.